The van der Waals surface area contributed by atoms with Crippen molar-refractivity contribution in [1.82, 2.24) is 4.98 Å². The van der Waals surface area contributed by atoms with Crippen LogP contribution in [-0.4, -0.2) is 23.0 Å². The zero-order valence-electron chi connectivity index (χ0n) is 12.5. The first-order valence-corrected chi connectivity index (χ1v) is 7.17. The smallest absolute Gasteiger partial charge is 0.339 e. The van der Waals surface area contributed by atoms with Gasteiger partial charge in [-0.05, 0) is 24.0 Å². The number of aryl methyl sites for hydroxylation is 1. The monoisotopic (exact) mass is 313 g/mol. The fourth-order valence-corrected chi connectivity index (χ4v) is 2.81. The number of carbonyl (C=O) groups is 1. The van der Waals surface area contributed by atoms with Crippen LogP contribution in [0.1, 0.15) is 33.9 Å². The number of pyridine rings is 1. The number of fused-ring (bicyclic) bond motifs is 1. The van der Waals surface area contributed by atoms with E-state index in [9.17, 15) is 14.9 Å². The van der Waals surface area contributed by atoms with Crippen molar-refractivity contribution >= 4 is 17.5 Å². The van der Waals surface area contributed by atoms with Crippen molar-refractivity contribution in [2.24, 2.45) is 0 Å². The molecule has 23 heavy (non-hydrogen) atoms. The van der Waals surface area contributed by atoms with Gasteiger partial charge in [-0.1, -0.05) is 24.3 Å². The molecule has 118 valence electrons. The molecule has 7 nitrogen and oxygen atoms in total. The summed E-state index contributed by atoms with van der Waals surface area (Å²) in [6, 6.07) is 9.14. The maximum atomic E-state index is 11.5. The van der Waals surface area contributed by atoms with Crippen molar-refractivity contribution in [1.29, 1.82) is 0 Å². The van der Waals surface area contributed by atoms with Gasteiger partial charge in [-0.2, -0.15) is 0 Å². The van der Waals surface area contributed by atoms with Crippen molar-refractivity contribution in [2.75, 3.05) is 12.4 Å². The molecule has 0 bridgehead atoms. The highest BCUT2D eigenvalue weighted by Gasteiger charge is 2.26. The van der Waals surface area contributed by atoms with E-state index in [2.05, 4.69) is 21.1 Å². The third kappa shape index (κ3) is 2.85. The maximum Gasteiger partial charge on any atom is 0.339 e. The first-order valence-electron chi connectivity index (χ1n) is 7.17. The molecule has 1 heterocycles. The van der Waals surface area contributed by atoms with Crippen LogP contribution in [0.4, 0.5) is 11.5 Å². The number of hydrogen-bond donors (Lipinski definition) is 1. The third-order valence-corrected chi connectivity index (χ3v) is 3.93. The quantitative estimate of drug-likeness (QED) is 0.530. The van der Waals surface area contributed by atoms with E-state index in [0.29, 0.717) is 0 Å². The van der Waals surface area contributed by atoms with Crippen LogP contribution in [0, 0.1) is 10.1 Å². The largest absolute Gasteiger partial charge is 0.465 e. The van der Waals surface area contributed by atoms with Gasteiger partial charge in [0.2, 0.25) is 5.82 Å². The standard InChI is InChI=1S/C16H15N3O4/c1-23-16(20)11-8-14(19(21)22)15(17-9-11)18-13-7-6-10-4-2-3-5-12(10)13/h2-5,8-9,13H,6-7H2,1H3,(H,17,18). The second-order valence-electron chi connectivity index (χ2n) is 5.27. The highest BCUT2D eigenvalue weighted by atomic mass is 16.6. The van der Waals surface area contributed by atoms with Crippen LogP contribution in [0.3, 0.4) is 0 Å². The van der Waals surface area contributed by atoms with Crippen LogP contribution in [0.2, 0.25) is 0 Å². The number of nitro groups is 1. The lowest BCUT2D eigenvalue weighted by atomic mass is 10.1. The number of methoxy groups -OCH3 is 1. The maximum absolute atomic E-state index is 11.5. The number of anilines is 1. The molecule has 0 saturated heterocycles. The van der Waals surface area contributed by atoms with Gasteiger partial charge in [0.25, 0.3) is 0 Å². The van der Waals surface area contributed by atoms with Gasteiger partial charge in [0, 0.05) is 12.3 Å². The Balaban J connectivity index is 1.91. The van der Waals surface area contributed by atoms with Crippen molar-refractivity contribution in [2.45, 2.75) is 18.9 Å². The average Bonchev–Trinajstić information content (AvgIpc) is 2.97. The minimum Gasteiger partial charge on any atom is -0.465 e. The molecule has 3 rings (SSSR count). The number of aromatic nitrogens is 1. The predicted octanol–water partition coefficient (Wildman–Crippen LogP) is 2.88. The molecule has 1 aliphatic carbocycles. The number of benzene rings is 1. The van der Waals surface area contributed by atoms with E-state index < -0.39 is 10.9 Å². The van der Waals surface area contributed by atoms with Gasteiger partial charge in [0.05, 0.1) is 23.6 Å². The van der Waals surface area contributed by atoms with Gasteiger partial charge in [0.15, 0.2) is 0 Å². The number of nitrogens with zero attached hydrogens (tertiary/aromatic N) is 2. The Hall–Kier alpha value is -2.96. The molecule has 0 saturated carbocycles. The molecule has 1 aromatic heterocycles. The van der Waals surface area contributed by atoms with Gasteiger partial charge in [-0.15, -0.1) is 0 Å². The number of nitrogens with one attached hydrogen (secondary N) is 1. The van der Waals surface area contributed by atoms with E-state index in [-0.39, 0.29) is 23.1 Å². The Morgan fingerprint density at radius 3 is 2.96 bits per heavy atom. The second-order valence-corrected chi connectivity index (χ2v) is 5.27. The Labute approximate surface area is 132 Å². The van der Waals surface area contributed by atoms with Crippen LogP contribution in [0.5, 0.6) is 0 Å². The molecular formula is C16H15N3O4. The van der Waals surface area contributed by atoms with Crippen LogP contribution < -0.4 is 5.32 Å². The molecule has 0 radical (unpaired) electrons. The second kappa shape index (κ2) is 6.04. The topological polar surface area (TPSA) is 94.4 Å². The minimum atomic E-state index is -0.654. The summed E-state index contributed by atoms with van der Waals surface area (Å²) in [7, 11) is 1.22. The molecule has 1 unspecified atom stereocenters. The number of ether oxygens (including phenoxy) is 1. The Morgan fingerprint density at radius 1 is 1.43 bits per heavy atom. The molecule has 1 aromatic carbocycles. The van der Waals surface area contributed by atoms with Crippen molar-refractivity contribution in [3.8, 4) is 0 Å². The number of esters is 1. The molecule has 0 spiro atoms. The van der Waals surface area contributed by atoms with Gasteiger partial charge in [-0.25, -0.2) is 9.78 Å². The first kappa shape index (κ1) is 15.0. The SMILES string of the molecule is COC(=O)c1cnc(NC2CCc3ccccc32)c([N+](=O)[O-])c1. The van der Waals surface area contributed by atoms with Gasteiger partial charge < -0.3 is 10.1 Å². The Bertz CT molecular complexity index is 776. The summed E-state index contributed by atoms with van der Waals surface area (Å²) in [5.74, 6) is -0.497. The average molecular weight is 313 g/mol. The lowest BCUT2D eigenvalue weighted by molar-refractivity contribution is -0.384. The van der Waals surface area contributed by atoms with Gasteiger partial charge in [0.1, 0.15) is 0 Å². The predicted molar refractivity (Wildman–Crippen MR) is 83.4 cm³/mol. The molecule has 1 atom stereocenters. The highest BCUT2D eigenvalue weighted by Crippen LogP contribution is 2.35. The third-order valence-electron chi connectivity index (χ3n) is 3.93. The van der Waals surface area contributed by atoms with E-state index in [1.54, 1.807) is 0 Å². The van der Waals surface area contributed by atoms with Gasteiger partial charge in [-0.3, -0.25) is 10.1 Å². The molecule has 1 N–H and O–H groups in total. The molecule has 1 aliphatic rings. The normalized spacial score (nSPS) is 15.8. The summed E-state index contributed by atoms with van der Waals surface area (Å²) in [5, 5.41) is 14.4. The van der Waals surface area contributed by atoms with Crippen LogP contribution in [0.15, 0.2) is 36.5 Å². The lowest BCUT2D eigenvalue weighted by Crippen LogP contribution is -2.12. The van der Waals surface area contributed by atoms with E-state index in [0.717, 1.165) is 18.4 Å². The van der Waals surface area contributed by atoms with E-state index in [1.807, 2.05) is 18.2 Å². The molecule has 0 aliphatic heterocycles. The fraction of sp³-hybridized carbons (Fsp3) is 0.250. The Kier molecular flexibility index (Phi) is 3.92. The Morgan fingerprint density at radius 2 is 2.22 bits per heavy atom. The number of carbonyl (C=O) groups excluding carboxylic acids is 1. The summed E-state index contributed by atoms with van der Waals surface area (Å²) < 4.78 is 4.57. The molecule has 0 amide bonds. The fourth-order valence-electron chi connectivity index (χ4n) is 2.81. The summed E-state index contributed by atoms with van der Waals surface area (Å²) in [4.78, 5) is 26.3. The zero-order valence-corrected chi connectivity index (χ0v) is 12.5. The van der Waals surface area contributed by atoms with Crippen LogP contribution in [-0.2, 0) is 11.2 Å². The molecule has 2 aromatic rings. The highest BCUT2D eigenvalue weighted by molar-refractivity contribution is 5.90. The van der Waals surface area contributed by atoms with Crippen molar-refractivity contribution in [3.05, 3.63) is 63.3 Å². The summed E-state index contributed by atoms with van der Waals surface area (Å²) in [5.41, 5.74) is 2.17. The van der Waals surface area contributed by atoms with Crippen LogP contribution >= 0.6 is 0 Å². The summed E-state index contributed by atoms with van der Waals surface area (Å²) in [6.45, 7) is 0. The van der Waals surface area contributed by atoms with E-state index in [4.69, 9.17) is 0 Å². The lowest BCUT2D eigenvalue weighted by Gasteiger charge is -2.15. The molecular weight excluding hydrogens is 298 g/mol. The molecule has 7 heteroatoms. The van der Waals surface area contributed by atoms with Gasteiger partial charge >= 0.3 is 11.7 Å². The first-order chi connectivity index (χ1) is 11.1. The molecule has 0 fully saturated rings. The van der Waals surface area contributed by atoms with Crippen molar-refractivity contribution in [3.63, 3.8) is 0 Å². The summed E-state index contributed by atoms with van der Waals surface area (Å²) >= 11 is 0. The zero-order chi connectivity index (χ0) is 16.4. The number of hydrogen-bond acceptors (Lipinski definition) is 6. The van der Waals surface area contributed by atoms with E-state index >= 15 is 0 Å². The van der Waals surface area contributed by atoms with Crippen molar-refractivity contribution < 1.29 is 14.5 Å². The number of rotatable bonds is 4. The van der Waals surface area contributed by atoms with E-state index in [1.165, 1.54) is 24.9 Å². The summed E-state index contributed by atoms with van der Waals surface area (Å²) in [6.07, 6.45) is 3.04. The van der Waals surface area contributed by atoms with Crippen LogP contribution in [0.25, 0.3) is 0 Å². The minimum absolute atomic E-state index is 0.0265.